The summed E-state index contributed by atoms with van der Waals surface area (Å²) in [5, 5.41) is 0.374. The molecule has 1 heterocycles. The summed E-state index contributed by atoms with van der Waals surface area (Å²) in [4.78, 5) is 0. The SMILES string of the molecule is C=COCCC1CCCCS1=O. The van der Waals surface area contributed by atoms with Gasteiger partial charge in [0.25, 0.3) is 0 Å². The first-order chi connectivity index (χ1) is 5.84. The van der Waals surface area contributed by atoms with Crippen molar-refractivity contribution in [2.45, 2.75) is 30.9 Å². The molecule has 0 aliphatic carbocycles. The van der Waals surface area contributed by atoms with Crippen molar-refractivity contribution in [3.05, 3.63) is 12.8 Å². The Kier molecular flexibility index (Phi) is 4.36. The highest BCUT2D eigenvalue weighted by atomic mass is 32.2. The van der Waals surface area contributed by atoms with Crippen LogP contribution in [-0.4, -0.2) is 21.8 Å². The quantitative estimate of drug-likeness (QED) is 0.497. The fraction of sp³-hybridized carbons (Fsp3) is 0.778. The third kappa shape index (κ3) is 2.97. The number of hydrogen-bond donors (Lipinski definition) is 0. The van der Waals surface area contributed by atoms with Gasteiger partial charge < -0.3 is 4.74 Å². The third-order valence-corrected chi connectivity index (χ3v) is 4.07. The molecule has 0 aromatic heterocycles. The van der Waals surface area contributed by atoms with Gasteiger partial charge >= 0.3 is 0 Å². The van der Waals surface area contributed by atoms with E-state index in [9.17, 15) is 4.21 Å². The van der Waals surface area contributed by atoms with Gasteiger partial charge in [-0.05, 0) is 19.3 Å². The number of hydrogen-bond acceptors (Lipinski definition) is 2. The highest BCUT2D eigenvalue weighted by Gasteiger charge is 2.20. The minimum absolute atomic E-state index is 0.374. The van der Waals surface area contributed by atoms with Crippen molar-refractivity contribution in [3.63, 3.8) is 0 Å². The van der Waals surface area contributed by atoms with Crippen molar-refractivity contribution in [1.82, 2.24) is 0 Å². The Morgan fingerprint density at radius 2 is 2.42 bits per heavy atom. The van der Waals surface area contributed by atoms with Crippen LogP contribution in [0.4, 0.5) is 0 Å². The standard InChI is InChI=1S/C9H16O2S/c1-2-11-7-6-9-5-3-4-8-12(9)10/h2,9H,1,3-8H2. The normalized spacial score (nSPS) is 29.7. The summed E-state index contributed by atoms with van der Waals surface area (Å²) in [5.74, 6) is 0.888. The number of rotatable bonds is 4. The van der Waals surface area contributed by atoms with Crippen molar-refractivity contribution in [1.29, 1.82) is 0 Å². The lowest BCUT2D eigenvalue weighted by Crippen LogP contribution is -2.23. The molecule has 0 amide bonds. The zero-order valence-corrected chi connectivity index (χ0v) is 8.15. The van der Waals surface area contributed by atoms with Gasteiger partial charge in [0.15, 0.2) is 0 Å². The fourth-order valence-electron chi connectivity index (χ4n) is 1.47. The van der Waals surface area contributed by atoms with Gasteiger partial charge in [0, 0.05) is 21.8 Å². The van der Waals surface area contributed by atoms with E-state index in [0.717, 1.165) is 25.0 Å². The van der Waals surface area contributed by atoms with Gasteiger partial charge in [-0.25, -0.2) is 0 Å². The van der Waals surface area contributed by atoms with Crippen LogP contribution in [0.5, 0.6) is 0 Å². The Morgan fingerprint density at radius 1 is 1.58 bits per heavy atom. The van der Waals surface area contributed by atoms with Gasteiger partial charge in [-0.2, -0.15) is 0 Å². The minimum atomic E-state index is -0.596. The zero-order valence-electron chi connectivity index (χ0n) is 7.33. The van der Waals surface area contributed by atoms with Crippen molar-refractivity contribution in [3.8, 4) is 0 Å². The van der Waals surface area contributed by atoms with Crippen LogP contribution < -0.4 is 0 Å². The van der Waals surface area contributed by atoms with Crippen LogP contribution in [-0.2, 0) is 15.5 Å². The van der Waals surface area contributed by atoms with Crippen LogP contribution >= 0.6 is 0 Å². The average molecular weight is 188 g/mol. The molecule has 0 N–H and O–H groups in total. The molecule has 1 saturated heterocycles. The summed E-state index contributed by atoms with van der Waals surface area (Å²) in [6.07, 6.45) is 5.83. The van der Waals surface area contributed by atoms with Gasteiger partial charge in [-0.3, -0.25) is 4.21 Å². The predicted octanol–water partition coefficient (Wildman–Crippen LogP) is 1.84. The summed E-state index contributed by atoms with van der Waals surface area (Å²) in [5.41, 5.74) is 0. The van der Waals surface area contributed by atoms with Gasteiger partial charge in [0.1, 0.15) is 0 Å². The van der Waals surface area contributed by atoms with Crippen LogP contribution in [0, 0.1) is 0 Å². The molecule has 70 valence electrons. The number of ether oxygens (including phenoxy) is 1. The van der Waals surface area contributed by atoms with Gasteiger partial charge in [-0.1, -0.05) is 13.0 Å². The molecule has 0 spiro atoms. The lowest BCUT2D eigenvalue weighted by molar-refractivity contribution is 0.242. The third-order valence-electron chi connectivity index (χ3n) is 2.17. The van der Waals surface area contributed by atoms with Gasteiger partial charge in [0.05, 0.1) is 12.9 Å². The molecule has 0 saturated carbocycles. The summed E-state index contributed by atoms with van der Waals surface area (Å²) < 4.78 is 16.4. The molecule has 0 bridgehead atoms. The molecule has 0 aromatic carbocycles. The van der Waals surface area contributed by atoms with Crippen molar-refractivity contribution in [2.75, 3.05) is 12.4 Å². The van der Waals surface area contributed by atoms with Crippen LogP contribution in [0.3, 0.4) is 0 Å². The van der Waals surface area contributed by atoms with E-state index in [1.165, 1.54) is 12.7 Å². The molecule has 1 fully saturated rings. The Labute approximate surface area is 76.5 Å². The van der Waals surface area contributed by atoms with Crippen molar-refractivity contribution < 1.29 is 8.95 Å². The van der Waals surface area contributed by atoms with E-state index >= 15 is 0 Å². The van der Waals surface area contributed by atoms with Crippen LogP contribution in [0.1, 0.15) is 25.7 Å². The monoisotopic (exact) mass is 188 g/mol. The average Bonchev–Trinajstić information content (AvgIpc) is 2.09. The summed E-state index contributed by atoms with van der Waals surface area (Å²) in [6, 6.07) is 0. The molecule has 3 heteroatoms. The summed E-state index contributed by atoms with van der Waals surface area (Å²) in [6.45, 7) is 4.13. The Balaban J connectivity index is 2.20. The highest BCUT2D eigenvalue weighted by molar-refractivity contribution is 7.85. The van der Waals surface area contributed by atoms with E-state index in [1.54, 1.807) is 0 Å². The van der Waals surface area contributed by atoms with E-state index < -0.39 is 10.8 Å². The van der Waals surface area contributed by atoms with E-state index in [2.05, 4.69) is 6.58 Å². The summed E-state index contributed by atoms with van der Waals surface area (Å²) >= 11 is 0. The molecule has 1 rings (SSSR count). The molecule has 2 unspecified atom stereocenters. The topological polar surface area (TPSA) is 26.3 Å². The predicted molar refractivity (Wildman–Crippen MR) is 51.4 cm³/mol. The van der Waals surface area contributed by atoms with Crippen LogP contribution in [0.15, 0.2) is 12.8 Å². The zero-order chi connectivity index (χ0) is 8.81. The minimum Gasteiger partial charge on any atom is -0.502 e. The molecule has 1 aliphatic heterocycles. The Morgan fingerprint density at radius 3 is 3.08 bits per heavy atom. The lowest BCUT2D eigenvalue weighted by Gasteiger charge is -2.20. The second kappa shape index (κ2) is 5.36. The van der Waals surface area contributed by atoms with Gasteiger partial charge in [0.2, 0.25) is 0 Å². The molecular formula is C9H16O2S. The molecule has 1 aliphatic rings. The molecule has 2 atom stereocenters. The summed E-state index contributed by atoms with van der Waals surface area (Å²) in [7, 11) is -0.596. The van der Waals surface area contributed by atoms with Crippen LogP contribution in [0.2, 0.25) is 0 Å². The van der Waals surface area contributed by atoms with E-state index in [0.29, 0.717) is 11.9 Å². The van der Waals surface area contributed by atoms with Crippen molar-refractivity contribution >= 4 is 10.8 Å². The fourth-order valence-corrected chi connectivity index (χ4v) is 3.08. The van der Waals surface area contributed by atoms with Crippen molar-refractivity contribution in [2.24, 2.45) is 0 Å². The first-order valence-corrected chi connectivity index (χ1v) is 5.82. The molecular weight excluding hydrogens is 172 g/mol. The van der Waals surface area contributed by atoms with E-state index in [1.807, 2.05) is 0 Å². The molecule has 12 heavy (non-hydrogen) atoms. The van der Waals surface area contributed by atoms with Gasteiger partial charge in [-0.15, -0.1) is 0 Å². The maximum absolute atomic E-state index is 11.4. The Bertz CT molecular complexity index is 168. The maximum Gasteiger partial charge on any atom is 0.0884 e. The molecule has 0 radical (unpaired) electrons. The van der Waals surface area contributed by atoms with Crippen LogP contribution in [0.25, 0.3) is 0 Å². The maximum atomic E-state index is 11.4. The lowest BCUT2D eigenvalue weighted by atomic mass is 10.1. The van der Waals surface area contributed by atoms with E-state index in [-0.39, 0.29) is 0 Å². The van der Waals surface area contributed by atoms with E-state index in [4.69, 9.17) is 4.74 Å². The highest BCUT2D eigenvalue weighted by Crippen LogP contribution is 2.18. The Hall–Kier alpha value is -0.310. The smallest absolute Gasteiger partial charge is 0.0884 e. The largest absolute Gasteiger partial charge is 0.502 e. The molecule has 2 nitrogen and oxygen atoms in total. The first kappa shape index (κ1) is 9.78. The second-order valence-corrected chi connectivity index (χ2v) is 4.87. The molecule has 0 aromatic rings. The second-order valence-electron chi connectivity index (χ2n) is 3.03. The first-order valence-electron chi connectivity index (χ1n) is 4.44.